The molecule has 0 radical (unpaired) electrons. The Bertz CT molecular complexity index is 895. The third kappa shape index (κ3) is 2.92. The van der Waals surface area contributed by atoms with Crippen molar-refractivity contribution in [3.05, 3.63) is 47.8 Å². The second kappa shape index (κ2) is 6.35. The Morgan fingerprint density at radius 1 is 1.28 bits per heavy atom. The lowest BCUT2D eigenvalue weighted by atomic mass is 10.1. The van der Waals surface area contributed by atoms with E-state index in [-0.39, 0.29) is 11.8 Å². The molecule has 0 aliphatic heterocycles. The van der Waals surface area contributed by atoms with Gasteiger partial charge in [-0.05, 0) is 31.7 Å². The van der Waals surface area contributed by atoms with Gasteiger partial charge >= 0.3 is 0 Å². The highest BCUT2D eigenvalue weighted by molar-refractivity contribution is 5.83. The second-order valence-electron chi connectivity index (χ2n) is 6.65. The number of hydrogen-bond donors (Lipinski definition) is 1. The summed E-state index contributed by atoms with van der Waals surface area (Å²) in [6, 6.07) is 10.3. The molecule has 2 heterocycles. The number of rotatable bonds is 6. The molecule has 6 heteroatoms. The zero-order valence-corrected chi connectivity index (χ0v) is 14.6. The minimum atomic E-state index is 0.115. The highest BCUT2D eigenvalue weighted by Crippen LogP contribution is 2.47. The Labute approximate surface area is 146 Å². The fourth-order valence-corrected chi connectivity index (χ4v) is 3.60. The van der Waals surface area contributed by atoms with Gasteiger partial charge in [-0.2, -0.15) is 10.2 Å². The molecule has 6 nitrogen and oxygen atoms in total. The van der Waals surface area contributed by atoms with E-state index in [0.717, 1.165) is 29.7 Å². The predicted molar refractivity (Wildman–Crippen MR) is 96.2 cm³/mol. The molecular weight excluding hydrogens is 314 g/mol. The second-order valence-corrected chi connectivity index (χ2v) is 6.65. The van der Waals surface area contributed by atoms with E-state index in [2.05, 4.69) is 34.6 Å². The summed E-state index contributed by atoms with van der Waals surface area (Å²) in [7, 11) is 0. The molecule has 1 aromatic carbocycles. The summed E-state index contributed by atoms with van der Waals surface area (Å²) in [6.07, 6.45) is 2.80. The van der Waals surface area contributed by atoms with Gasteiger partial charge in [-0.1, -0.05) is 30.3 Å². The number of hydrogen-bond acceptors (Lipinski definition) is 3. The van der Waals surface area contributed by atoms with Crippen LogP contribution in [0.25, 0.3) is 11.0 Å². The van der Waals surface area contributed by atoms with Gasteiger partial charge in [0, 0.05) is 19.0 Å². The van der Waals surface area contributed by atoms with Crippen molar-refractivity contribution in [3.63, 3.8) is 0 Å². The van der Waals surface area contributed by atoms with Crippen molar-refractivity contribution in [2.45, 2.75) is 39.3 Å². The van der Waals surface area contributed by atoms with E-state index in [0.29, 0.717) is 19.0 Å². The SMILES string of the molecule is CCn1nc(C)c2c1cnn2CCNC(=O)[C@H]1C[C@H]1c1ccccc1. The zero-order valence-electron chi connectivity index (χ0n) is 14.6. The van der Waals surface area contributed by atoms with Gasteiger partial charge in [0.25, 0.3) is 0 Å². The molecule has 1 aliphatic rings. The summed E-state index contributed by atoms with van der Waals surface area (Å²) in [6.45, 7) is 6.15. The van der Waals surface area contributed by atoms with Crippen molar-refractivity contribution in [2.75, 3.05) is 6.54 Å². The highest BCUT2D eigenvalue weighted by Gasteiger charge is 2.43. The van der Waals surface area contributed by atoms with Crippen LogP contribution < -0.4 is 5.32 Å². The van der Waals surface area contributed by atoms with Crippen LogP contribution in [0.3, 0.4) is 0 Å². The molecular formula is C19H23N5O. The average Bonchev–Trinajstić information content (AvgIpc) is 3.23. The highest BCUT2D eigenvalue weighted by atomic mass is 16.2. The molecule has 1 aliphatic carbocycles. The molecule has 3 aromatic rings. The molecule has 130 valence electrons. The topological polar surface area (TPSA) is 64.7 Å². The van der Waals surface area contributed by atoms with Crippen LogP contribution in [0.15, 0.2) is 36.5 Å². The minimum absolute atomic E-state index is 0.115. The van der Waals surface area contributed by atoms with E-state index in [1.54, 1.807) is 0 Å². The first-order valence-corrected chi connectivity index (χ1v) is 8.90. The van der Waals surface area contributed by atoms with Crippen LogP contribution in [0.5, 0.6) is 0 Å². The van der Waals surface area contributed by atoms with Gasteiger partial charge in [0.15, 0.2) is 0 Å². The molecule has 1 fully saturated rings. The summed E-state index contributed by atoms with van der Waals surface area (Å²) in [4.78, 5) is 12.3. The van der Waals surface area contributed by atoms with Crippen molar-refractivity contribution in [1.82, 2.24) is 24.9 Å². The molecule has 0 saturated heterocycles. The number of carbonyl (C=O) groups is 1. The molecule has 2 aromatic heterocycles. The number of carbonyl (C=O) groups excluding carboxylic acids is 1. The average molecular weight is 337 g/mol. The first-order valence-electron chi connectivity index (χ1n) is 8.90. The van der Waals surface area contributed by atoms with E-state index in [1.165, 1.54) is 5.56 Å². The molecule has 1 saturated carbocycles. The molecule has 1 amide bonds. The normalized spacial score (nSPS) is 19.3. The first kappa shape index (κ1) is 15.9. The Kier molecular flexibility index (Phi) is 4.03. The van der Waals surface area contributed by atoms with Crippen LogP contribution in [0.4, 0.5) is 0 Å². The van der Waals surface area contributed by atoms with E-state index in [1.807, 2.05) is 40.7 Å². The molecule has 2 atom stereocenters. The summed E-state index contributed by atoms with van der Waals surface area (Å²) in [5, 5.41) is 12.0. The number of amides is 1. The maximum absolute atomic E-state index is 12.3. The number of nitrogens with zero attached hydrogens (tertiary/aromatic N) is 4. The van der Waals surface area contributed by atoms with E-state index in [4.69, 9.17) is 0 Å². The van der Waals surface area contributed by atoms with Crippen LogP contribution in [-0.2, 0) is 17.9 Å². The zero-order chi connectivity index (χ0) is 17.4. The fraction of sp³-hybridized carbons (Fsp3) is 0.421. The lowest BCUT2D eigenvalue weighted by Gasteiger charge is -2.06. The van der Waals surface area contributed by atoms with E-state index in [9.17, 15) is 4.79 Å². The Hall–Kier alpha value is -2.63. The van der Waals surface area contributed by atoms with Crippen LogP contribution in [-0.4, -0.2) is 32.0 Å². The quantitative estimate of drug-likeness (QED) is 0.751. The Morgan fingerprint density at radius 3 is 2.84 bits per heavy atom. The van der Waals surface area contributed by atoms with E-state index < -0.39 is 0 Å². The number of benzene rings is 1. The van der Waals surface area contributed by atoms with Gasteiger partial charge in [0.1, 0.15) is 11.0 Å². The van der Waals surface area contributed by atoms with Gasteiger partial charge in [0.05, 0.1) is 18.4 Å². The number of fused-ring (bicyclic) bond motifs is 1. The maximum atomic E-state index is 12.3. The molecule has 25 heavy (non-hydrogen) atoms. The molecule has 1 N–H and O–H groups in total. The molecule has 0 unspecified atom stereocenters. The number of nitrogens with one attached hydrogen (secondary N) is 1. The lowest BCUT2D eigenvalue weighted by Crippen LogP contribution is -2.29. The van der Waals surface area contributed by atoms with Crippen molar-refractivity contribution in [2.24, 2.45) is 5.92 Å². The largest absolute Gasteiger partial charge is 0.354 e. The number of aryl methyl sites for hydroxylation is 2. The van der Waals surface area contributed by atoms with Gasteiger partial charge in [-0.15, -0.1) is 0 Å². The van der Waals surface area contributed by atoms with Gasteiger partial charge in [-0.25, -0.2) is 0 Å². The van der Waals surface area contributed by atoms with Gasteiger partial charge < -0.3 is 5.32 Å². The van der Waals surface area contributed by atoms with E-state index >= 15 is 0 Å². The third-order valence-corrected chi connectivity index (χ3v) is 4.99. The van der Waals surface area contributed by atoms with Crippen LogP contribution in [0.1, 0.15) is 30.5 Å². The monoisotopic (exact) mass is 337 g/mol. The number of aromatic nitrogens is 4. The van der Waals surface area contributed by atoms with Crippen molar-refractivity contribution in [1.29, 1.82) is 0 Å². The molecule has 4 rings (SSSR count). The smallest absolute Gasteiger partial charge is 0.223 e. The Balaban J connectivity index is 1.34. The summed E-state index contributed by atoms with van der Waals surface area (Å²) in [5.41, 5.74) is 4.35. The van der Waals surface area contributed by atoms with Crippen molar-refractivity contribution in [3.8, 4) is 0 Å². The molecule has 0 bridgehead atoms. The minimum Gasteiger partial charge on any atom is -0.354 e. The fourth-order valence-electron chi connectivity index (χ4n) is 3.60. The lowest BCUT2D eigenvalue weighted by molar-refractivity contribution is -0.122. The first-order chi connectivity index (χ1) is 12.2. The Morgan fingerprint density at radius 2 is 2.08 bits per heavy atom. The predicted octanol–water partition coefficient (Wildman–Crippen LogP) is 2.48. The summed E-state index contributed by atoms with van der Waals surface area (Å²) < 4.78 is 3.90. The molecule has 0 spiro atoms. The van der Waals surface area contributed by atoms with Gasteiger partial charge in [-0.3, -0.25) is 14.2 Å². The van der Waals surface area contributed by atoms with Crippen LogP contribution >= 0.6 is 0 Å². The standard InChI is InChI=1S/C19H23N5O/c1-3-23-17-12-21-24(18(17)13(2)22-23)10-9-20-19(25)16-11-15(16)14-7-5-4-6-8-14/h4-8,12,15-16H,3,9-11H2,1-2H3,(H,20,25)/t15-,16-/m0/s1. The summed E-state index contributed by atoms with van der Waals surface area (Å²) in [5.74, 6) is 0.644. The van der Waals surface area contributed by atoms with Gasteiger partial charge in [0.2, 0.25) is 5.91 Å². The van der Waals surface area contributed by atoms with Crippen LogP contribution in [0.2, 0.25) is 0 Å². The maximum Gasteiger partial charge on any atom is 0.223 e. The van der Waals surface area contributed by atoms with Crippen molar-refractivity contribution >= 4 is 16.9 Å². The van der Waals surface area contributed by atoms with Crippen molar-refractivity contribution < 1.29 is 4.79 Å². The van der Waals surface area contributed by atoms with Crippen LogP contribution in [0, 0.1) is 12.8 Å². The third-order valence-electron chi connectivity index (χ3n) is 4.99. The summed E-state index contributed by atoms with van der Waals surface area (Å²) >= 11 is 0.